The summed E-state index contributed by atoms with van der Waals surface area (Å²) in [6.45, 7) is 1.48. The van der Waals surface area contributed by atoms with Crippen molar-refractivity contribution in [2.45, 2.75) is 6.92 Å². The van der Waals surface area contributed by atoms with E-state index in [0.717, 1.165) is 20.8 Å². The van der Waals surface area contributed by atoms with Gasteiger partial charge in [-0.2, -0.15) is 0 Å². The molecule has 1 amide bonds. The van der Waals surface area contributed by atoms with Crippen molar-refractivity contribution < 1.29 is 9.21 Å². The molecule has 18 heavy (non-hydrogen) atoms. The van der Waals surface area contributed by atoms with Gasteiger partial charge in [0.2, 0.25) is 5.91 Å². The Morgan fingerprint density at radius 2 is 2.00 bits per heavy atom. The first-order chi connectivity index (χ1) is 8.66. The first kappa shape index (κ1) is 11.3. The van der Waals surface area contributed by atoms with Gasteiger partial charge in [-0.25, -0.2) is 0 Å². The van der Waals surface area contributed by atoms with E-state index in [1.807, 2.05) is 36.4 Å². The van der Waals surface area contributed by atoms with E-state index in [1.54, 1.807) is 0 Å². The summed E-state index contributed by atoms with van der Waals surface area (Å²) in [5, 5.41) is 4.80. The van der Waals surface area contributed by atoms with Crippen molar-refractivity contribution in [3.63, 3.8) is 0 Å². The zero-order chi connectivity index (χ0) is 12.7. The van der Waals surface area contributed by atoms with E-state index in [1.165, 1.54) is 6.92 Å². The minimum atomic E-state index is -0.112. The van der Waals surface area contributed by atoms with Crippen LogP contribution in [0.5, 0.6) is 0 Å². The maximum absolute atomic E-state index is 11.2. The predicted molar refractivity (Wildman–Crippen MR) is 75.7 cm³/mol. The fourth-order valence-corrected chi connectivity index (χ4v) is 2.60. The largest absolute Gasteiger partial charge is 0.454 e. The van der Waals surface area contributed by atoms with Gasteiger partial charge in [-0.1, -0.05) is 34.1 Å². The third-order valence-electron chi connectivity index (χ3n) is 2.79. The van der Waals surface area contributed by atoms with Gasteiger partial charge in [0, 0.05) is 22.2 Å². The summed E-state index contributed by atoms with van der Waals surface area (Å²) in [7, 11) is 0. The third-order valence-corrected chi connectivity index (χ3v) is 3.45. The summed E-state index contributed by atoms with van der Waals surface area (Å²) in [5.74, 6) is -0.112. The van der Waals surface area contributed by atoms with Gasteiger partial charge >= 0.3 is 0 Å². The van der Waals surface area contributed by atoms with Crippen molar-refractivity contribution in [1.82, 2.24) is 0 Å². The second-order valence-electron chi connectivity index (χ2n) is 4.08. The van der Waals surface area contributed by atoms with Crippen molar-refractivity contribution in [3.8, 4) is 0 Å². The molecule has 0 fully saturated rings. The van der Waals surface area contributed by atoms with Gasteiger partial charge in [-0.3, -0.25) is 4.79 Å². The minimum Gasteiger partial charge on any atom is -0.454 e. The number of amides is 1. The van der Waals surface area contributed by atoms with Crippen LogP contribution in [0.4, 0.5) is 5.69 Å². The highest BCUT2D eigenvalue weighted by Crippen LogP contribution is 2.38. The zero-order valence-electron chi connectivity index (χ0n) is 9.66. The van der Waals surface area contributed by atoms with Gasteiger partial charge in [0.25, 0.3) is 0 Å². The monoisotopic (exact) mass is 303 g/mol. The molecule has 0 saturated heterocycles. The molecule has 1 N–H and O–H groups in total. The molecule has 0 spiro atoms. The molecule has 1 aromatic heterocycles. The van der Waals surface area contributed by atoms with Gasteiger partial charge in [-0.15, -0.1) is 0 Å². The number of hydrogen-bond acceptors (Lipinski definition) is 2. The second-order valence-corrected chi connectivity index (χ2v) is 4.93. The van der Waals surface area contributed by atoms with Gasteiger partial charge in [-0.05, 0) is 18.2 Å². The zero-order valence-corrected chi connectivity index (χ0v) is 11.2. The molecule has 1 heterocycles. The summed E-state index contributed by atoms with van der Waals surface area (Å²) in [5.41, 5.74) is 2.20. The fraction of sp³-hybridized carbons (Fsp3) is 0.0714. The van der Waals surface area contributed by atoms with Gasteiger partial charge in [0.05, 0.1) is 5.69 Å². The Morgan fingerprint density at radius 3 is 2.78 bits per heavy atom. The lowest BCUT2D eigenvalue weighted by Gasteiger charge is -2.03. The SMILES string of the molecule is CC(=O)Nc1ccc(Br)c2c1oc1ccccc12. The lowest BCUT2D eigenvalue weighted by atomic mass is 10.1. The van der Waals surface area contributed by atoms with Crippen molar-refractivity contribution in [3.05, 3.63) is 40.9 Å². The number of anilines is 1. The maximum atomic E-state index is 11.2. The Labute approximate surface area is 112 Å². The van der Waals surface area contributed by atoms with Crippen LogP contribution in [0.1, 0.15) is 6.92 Å². The Morgan fingerprint density at radius 1 is 1.22 bits per heavy atom. The second kappa shape index (κ2) is 4.14. The quantitative estimate of drug-likeness (QED) is 0.728. The standard InChI is InChI=1S/C14H10BrNO2/c1-8(17)16-11-7-6-10(15)13-9-4-2-3-5-12(9)18-14(11)13/h2-7H,1H3,(H,16,17). The summed E-state index contributed by atoms with van der Waals surface area (Å²) in [4.78, 5) is 11.2. The third kappa shape index (κ3) is 1.69. The van der Waals surface area contributed by atoms with Crippen molar-refractivity contribution in [1.29, 1.82) is 0 Å². The average Bonchev–Trinajstić information content (AvgIpc) is 2.72. The van der Waals surface area contributed by atoms with Crippen LogP contribution in [-0.2, 0) is 4.79 Å². The molecular weight excluding hydrogens is 294 g/mol. The number of para-hydroxylation sites is 1. The van der Waals surface area contributed by atoms with Gasteiger partial charge in [0.1, 0.15) is 5.58 Å². The molecule has 4 heteroatoms. The van der Waals surface area contributed by atoms with Crippen LogP contribution < -0.4 is 5.32 Å². The topological polar surface area (TPSA) is 42.2 Å². The number of halogens is 1. The highest BCUT2D eigenvalue weighted by molar-refractivity contribution is 9.10. The Hall–Kier alpha value is -1.81. The molecule has 3 rings (SSSR count). The average molecular weight is 304 g/mol. The highest BCUT2D eigenvalue weighted by atomic mass is 79.9. The maximum Gasteiger partial charge on any atom is 0.221 e. The van der Waals surface area contributed by atoms with Crippen LogP contribution in [0, 0.1) is 0 Å². The van der Waals surface area contributed by atoms with Crippen LogP contribution in [0.3, 0.4) is 0 Å². The molecule has 0 aliphatic heterocycles. The summed E-state index contributed by atoms with van der Waals surface area (Å²) < 4.78 is 6.78. The van der Waals surface area contributed by atoms with E-state index in [-0.39, 0.29) is 5.91 Å². The highest BCUT2D eigenvalue weighted by Gasteiger charge is 2.13. The lowest BCUT2D eigenvalue weighted by molar-refractivity contribution is -0.114. The number of carbonyl (C=O) groups is 1. The first-order valence-electron chi connectivity index (χ1n) is 5.54. The molecule has 0 atom stereocenters. The summed E-state index contributed by atoms with van der Waals surface area (Å²) in [6.07, 6.45) is 0. The predicted octanol–water partition coefficient (Wildman–Crippen LogP) is 4.31. The van der Waals surface area contributed by atoms with Crippen molar-refractivity contribution >= 4 is 49.5 Å². The van der Waals surface area contributed by atoms with E-state index in [2.05, 4.69) is 21.2 Å². The van der Waals surface area contributed by atoms with Crippen LogP contribution in [0.2, 0.25) is 0 Å². The van der Waals surface area contributed by atoms with Crippen molar-refractivity contribution in [2.24, 2.45) is 0 Å². The minimum absolute atomic E-state index is 0.112. The van der Waals surface area contributed by atoms with E-state index >= 15 is 0 Å². The fourth-order valence-electron chi connectivity index (χ4n) is 2.08. The molecule has 0 saturated carbocycles. The molecule has 3 aromatic rings. The van der Waals surface area contributed by atoms with Crippen LogP contribution in [0.25, 0.3) is 21.9 Å². The number of benzene rings is 2. The smallest absolute Gasteiger partial charge is 0.221 e. The molecular formula is C14H10BrNO2. The van der Waals surface area contributed by atoms with E-state index in [0.29, 0.717) is 11.3 Å². The number of fused-ring (bicyclic) bond motifs is 3. The molecule has 3 nitrogen and oxygen atoms in total. The normalized spacial score (nSPS) is 11.0. The lowest BCUT2D eigenvalue weighted by Crippen LogP contribution is -2.05. The van der Waals surface area contributed by atoms with Crippen molar-refractivity contribution in [2.75, 3.05) is 5.32 Å². The number of carbonyl (C=O) groups excluding carboxylic acids is 1. The molecule has 0 unspecified atom stereocenters. The van der Waals surface area contributed by atoms with Gasteiger partial charge < -0.3 is 9.73 Å². The summed E-state index contributed by atoms with van der Waals surface area (Å²) in [6, 6.07) is 11.6. The molecule has 0 aliphatic rings. The molecule has 0 bridgehead atoms. The number of furan rings is 1. The first-order valence-corrected chi connectivity index (χ1v) is 6.33. The Balaban J connectivity index is 2.41. The van der Waals surface area contributed by atoms with E-state index < -0.39 is 0 Å². The Bertz CT molecular complexity index is 761. The van der Waals surface area contributed by atoms with Crippen LogP contribution in [0.15, 0.2) is 45.3 Å². The summed E-state index contributed by atoms with van der Waals surface area (Å²) >= 11 is 3.52. The molecule has 0 radical (unpaired) electrons. The van der Waals surface area contributed by atoms with Crippen LogP contribution in [-0.4, -0.2) is 5.91 Å². The van der Waals surface area contributed by atoms with E-state index in [4.69, 9.17) is 4.42 Å². The molecule has 90 valence electrons. The van der Waals surface area contributed by atoms with Crippen LogP contribution >= 0.6 is 15.9 Å². The number of nitrogens with one attached hydrogen (secondary N) is 1. The Kier molecular flexibility index (Phi) is 2.59. The number of hydrogen-bond donors (Lipinski definition) is 1. The molecule has 2 aromatic carbocycles. The van der Waals surface area contributed by atoms with E-state index in [9.17, 15) is 4.79 Å². The molecule has 0 aliphatic carbocycles. The number of rotatable bonds is 1. The van der Waals surface area contributed by atoms with Gasteiger partial charge in [0.15, 0.2) is 5.58 Å².